The highest BCUT2D eigenvalue weighted by molar-refractivity contribution is 5.79. The van der Waals surface area contributed by atoms with Crippen LogP contribution in [0.3, 0.4) is 0 Å². The molecule has 2 N–H and O–H groups in total. The summed E-state index contributed by atoms with van der Waals surface area (Å²) in [5.74, 6) is 0.873. The predicted octanol–water partition coefficient (Wildman–Crippen LogP) is 2.21. The number of guanidine groups is 1. The molecule has 0 amide bonds. The van der Waals surface area contributed by atoms with E-state index in [1.165, 1.54) is 17.5 Å². The molecule has 0 bridgehead atoms. The molecule has 0 unspecified atom stereocenters. The van der Waals surface area contributed by atoms with Gasteiger partial charge in [-0.3, -0.25) is 4.99 Å². The molecule has 0 aliphatic carbocycles. The maximum Gasteiger partial charge on any atom is 0.191 e. The largest absolute Gasteiger partial charge is 0.356 e. The summed E-state index contributed by atoms with van der Waals surface area (Å²) < 4.78 is 0. The molecule has 0 fully saturated rings. The van der Waals surface area contributed by atoms with E-state index >= 15 is 0 Å². The average Bonchev–Trinajstić information content (AvgIpc) is 2.43. The van der Waals surface area contributed by atoms with E-state index in [2.05, 4.69) is 65.8 Å². The van der Waals surface area contributed by atoms with Crippen molar-refractivity contribution >= 4 is 5.96 Å². The molecule has 0 heterocycles. The molecule has 0 radical (unpaired) electrons. The first-order valence-electron chi connectivity index (χ1n) is 7.33. The molecule has 0 saturated heterocycles. The second-order valence-electron chi connectivity index (χ2n) is 5.21. The maximum atomic E-state index is 4.25. The molecule has 0 aliphatic rings. The standard InChI is InChI=1S/C16H28N4/c1-5-6-11-18-16(17-2)19-12-14-9-7-8-10-15(14)13-20(3)4/h7-10H,5-6,11-13H2,1-4H3,(H2,17,18,19). The highest BCUT2D eigenvalue weighted by atomic mass is 15.2. The fourth-order valence-corrected chi connectivity index (χ4v) is 2.01. The molecule has 0 aliphatic heterocycles. The molecular formula is C16H28N4. The number of nitrogens with zero attached hydrogens (tertiary/aromatic N) is 2. The van der Waals surface area contributed by atoms with Gasteiger partial charge in [0, 0.05) is 26.7 Å². The van der Waals surface area contributed by atoms with Crippen LogP contribution in [0.1, 0.15) is 30.9 Å². The Labute approximate surface area is 123 Å². The minimum Gasteiger partial charge on any atom is -0.356 e. The van der Waals surface area contributed by atoms with E-state index in [1.807, 2.05) is 7.05 Å². The summed E-state index contributed by atoms with van der Waals surface area (Å²) in [5.41, 5.74) is 2.67. The normalized spacial score (nSPS) is 11.8. The topological polar surface area (TPSA) is 39.7 Å². The summed E-state index contributed by atoms with van der Waals surface area (Å²) in [5, 5.41) is 6.71. The minimum atomic E-state index is 0.801. The molecule has 20 heavy (non-hydrogen) atoms. The van der Waals surface area contributed by atoms with Crippen LogP contribution in [0.15, 0.2) is 29.3 Å². The smallest absolute Gasteiger partial charge is 0.191 e. The van der Waals surface area contributed by atoms with Crippen LogP contribution < -0.4 is 10.6 Å². The van der Waals surface area contributed by atoms with E-state index in [9.17, 15) is 0 Å². The summed E-state index contributed by atoms with van der Waals surface area (Å²) in [6.07, 6.45) is 2.35. The second kappa shape index (κ2) is 9.37. The van der Waals surface area contributed by atoms with Crippen LogP contribution in [0, 0.1) is 0 Å². The number of aliphatic imine (C=N–C) groups is 1. The van der Waals surface area contributed by atoms with Gasteiger partial charge >= 0.3 is 0 Å². The van der Waals surface area contributed by atoms with Crippen LogP contribution in [0.25, 0.3) is 0 Å². The van der Waals surface area contributed by atoms with Crippen LogP contribution >= 0.6 is 0 Å². The zero-order chi connectivity index (χ0) is 14.8. The summed E-state index contributed by atoms with van der Waals surface area (Å²) in [7, 11) is 6.00. The van der Waals surface area contributed by atoms with Gasteiger partial charge in [0.15, 0.2) is 5.96 Å². The Kier molecular flexibility index (Phi) is 7.73. The van der Waals surface area contributed by atoms with Crippen LogP contribution in [-0.2, 0) is 13.1 Å². The van der Waals surface area contributed by atoms with Crippen LogP contribution in [0.2, 0.25) is 0 Å². The minimum absolute atomic E-state index is 0.801. The van der Waals surface area contributed by atoms with Gasteiger partial charge in [-0.2, -0.15) is 0 Å². The number of benzene rings is 1. The van der Waals surface area contributed by atoms with Crippen molar-refractivity contribution in [3.63, 3.8) is 0 Å². The third kappa shape index (κ3) is 6.06. The Morgan fingerprint density at radius 3 is 2.45 bits per heavy atom. The molecule has 4 heteroatoms. The Hall–Kier alpha value is -1.55. The number of nitrogens with one attached hydrogen (secondary N) is 2. The fraction of sp³-hybridized carbons (Fsp3) is 0.562. The van der Waals surface area contributed by atoms with Gasteiger partial charge in [-0.25, -0.2) is 0 Å². The van der Waals surface area contributed by atoms with Gasteiger partial charge < -0.3 is 15.5 Å². The lowest BCUT2D eigenvalue weighted by Crippen LogP contribution is -2.37. The average molecular weight is 276 g/mol. The van der Waals surface area contributed by atoms with Gasteiger partial charge in [0.1, 0.15) is 0 Å². The van der Waals surface area contributed by atoms with Gasteiger partial charge in [-0.15, -0.1) is 0 Å². The Morgan fingerprint density at radius 1 is 1.15 bits per heavy atom. The lowest BCUT2D eigenvalue weighted by atomic mass is 10.1. The SMILES string of the molecule is CCCCNC(=NC)NCc1ccccc1CN(C)C. The van der Waals surface area contributed by atoms with Crippen LogP contribution in [0.5, 0.6) is 0 Å². The summed E-state index contributed by atoms with van der Waals surface area (Å²) >= 11 is 0. The van der Waals surface area contributed by atoms with E-state index in [0.717, 1.165) is 32.0 Å². The molecule has 0 aromatic heterocycles. The van der Waals surface area contributed by atoms with E-state index in [0.29, 0.717) is 0 Å². The van der Waals surface area contributed by atoms with E-state index in [1.54, 1.807) is 0 Å². The first-order valence-corrected chi connectivity index (χ1v) is 7.33. The second-order valence-corrected chi connectivity index (χ2v) is 5.21. The van der Waals surface area contributed by atoms with Crippen molar-refractivity contribution in [2.24, 2.45) is 4.99 Å². The zero-order valence-corrected chi connectivity index (χ0v) is 13.2. The van der Waals surface area contributed by atoms with Gasteiger partial charge in [0.05, 0.1) is 0 Å². The van der Waals surface area contributed by atoms with E-state index < -0.39 is 0 Å². The third-order valence-electron chi connectivity index (χ3n) is 3.10. The first kappa shape index (κ1) is 16.5. The Morgan fingerprint density at radius 2 is 1.85 bits per heavy atom. The van der Waals surface area contributed by atoms with Crippen molar-refractivity contribution in [2.75, 3.05) is 27.7 Å². The first-order chi connectivity index (χ1) is 9.67. The van der Waals surface area contributed by atoms with E-state index in [4.69, 9.17) is 0 Å². The fourth-order valence-electron chi connectivity index (χ4n) is 2.01. The molecular weight excluding hydrogens is 248 g/mol. The predicted molar refractivity (Wildman–Crippen MR) is 86.9 cm³/mol. The maximum absolute atomic E-state index is 4.25. The summed E-state index contributed by atoms with van der Waals surface area (Å²) in [6.45, 7) is 4.92. The van der Waals surface area contributed by atoms with E-state index in [-0.39, 0.29) is 0 Å². The molecule has 1 rings (SSSR count). The Balaban J connectivity index is 2.55. The number of unbranched alkanes of at least 4 members (excludes halogenated alkanes) is 1. The van der Waals surface area contributed by atoms with Crippen molar-refractivity contribution < 1.29 is 0 Å². The van der Waals surface area contributed by atoms with Crippen molar-refractivity contribution in [2.45, 2.75) is 32.9 Å². The monoisotopic (exact) mass is 276 g/mol. The summed E-state index contributed by atoms with van der Waals surface area (Å²) in [6, 6.07) is 8.54. The molecule has 4 nitrogen and oxygen atoms in total. The number of hydrogen-bond acceptors (Lipinski definition) is 2. The lowest BCUT2D eigenvalue weighted by Gasteiger charge is -2.16. The highest BCUT2D eigenvalue weighted by Crippen LogP contribution is 2.10. The molecule has 1 aromatic rings. The molecule has 1 aromatic carbocycles. The molecule has 112 valence electrons. The van der Waals surface area contributed by atoms with Crippen molar-refractivity contribution in [1.82, 2.24) is 15.5 Å². The molecule has 0 atom stereocenters. The zero-order valence-electron chi connectivity index (χ0n) is 13.2. The van der Waals surface area contributed by atoms with Gasteiger partial charge in [-0.05, 0) is 31.6 Å². The quantitative estimate of drug-likeness (QED) is 0.456. The third-order valence-corrected chi connectivity index (χ3v) is 3.10. The van der Waals surface area contributed by atoms with Gasteiger partial charge in [-0.1, -0.05) is 37.6 Å². The number of hydrogen-bond donors (Lipinski definition) is 2. The van der Waals surface area contributed by atoms with Gasteiger partial charge in [0.25, 0.3) is 0 Å². The molecule has 0 saturated carbocycles. The summed E-state index contributed by atoms with van der Waals surface area (Å²) in [4.78, 5) is 6.44. The highest BCUT2D eigenvalue weighted by Gasteiger charge is 2.04. The van der Waals surface area contributed by atoms with Crippen LogP contribution in [-0.4, -0.2) is 38.5 Å². The number of rotatable bonds is 7. The van der Waals surface area contributed by atoms with Crippen molar-refractivity contribution in [1.29, 1.82) is 0 Å². The van der Waals surface area contributed by atoms with Crippen molar-refractivity contribution in [3.8, 4) is 0 Å². The van der Waals surface area contributed by atoms with Crippen molar-refractivity contribution in [3.05, 3.63) is 35.4 Å². The lowest BCUT2D eigenvalue weighted by molar-refractivity contribution is 0.400. The molecule has 0 spiro atoms. The van der Waals surface area contributed by atoms with Gasteiger partial charge in [0.2, 0.25) is 0 Å². The van der Waals surface area contributed by atoms with Crippen LogP contribution in [0.4, 0.5) is 0 Å². The Bertz CT molecular complexity index is 413.